The minimum Gasteiger partial charge on any atom is -0.348 e. The summed E-state index contributed by atoms with van der Waals surface area (Å²) in [5, 5.41) is 0. The van der Waals surface area contributed by atoms with Crippen molar-refractivity contribution in [3.63, 3.8) is 0 Å². The number of aromatic nitrogens is 2. The number of nitrogens with one attached hydrogen (secondary N) is 1. The maximum Gasteiger partial charge on any atom is 0.150 e. The molecule has 0 amide bonds. The van der Waals surface area contributed by atoms with Crippen LogP contribution in [-0.2, 0) is 6.42 Å². The third-order valence-corrected chi connectivity index (χ3v) is 2.04. The molecule has 70 valence electrons. The summed E-state index contributed by atoms with van der Waals surface area (Å²) >= 11 is 0. The van der Waals surface area contributed by atoms with Gasteiger partial charge in [-0.3, -0.25) is 4.79 Å². The molecular weight excluding hydrogens is 176 g/mol. The summed E-state index contributed by atoms with van der Waals surface area (Å²) in [5.41, 5.74) is 2.87. The van der Waals surface area contributed by atoms with E-state index in [0.29, 0.717) is 5.56 Å². The molecule has 0 aliphatic rings. The van der Waals surface area contributed by atoms with E-state index < -0.39 is 0 Å². The summed E-state index contributed by atoms with van der Waals surface area (Å²) in [7, 11) is 0. The summed E-state index contributed by atoms with van der Waals surface area (Å²) < 4.78 is 0. The van der Waals surface area contributed by atoms with Crippen molar-refractivity contribution in [3.05, 3.63) is 53.6 Å². The number of carbonyl (C=O) groups is 1. The van der Waals surface area contributed by atoms with E-state index in [0.717, 1.165) is 24.0 Å². The van der Waals surface area contributed by atoms with Crippen LogP contribution in [0.2, 0.25) is 0 Å². The summed E-state index contributed by atoms with van der Waals surface area (Å²) in [6, 6.07) is 7.56. The van der Waals surface area contributed by atoms with Gasteiger partial charge in [0.15, 0.2) is 0 Å². The first-order valence-electron chi connectivity index (χ1n) is 4.40. The minimum atomic E-state index is 0.710. The first kappa shape index (κ1) is 8.69. The Morgan fingerprint density at radius 3 is 3.07 bits per heavy atom. The second kappa shape index (κ2) is 3.87. The number of benzene rings is 1. The average molecular weight is 186 g/mol. The van der Waals surface area contributed by atoms with E-state index >= 15 is 0 Å². The number of H-pyrrole nitrogens is 1. The molecule has 0 saturated carbocycles. The number of carbonyl (C=O) groups excluding carboxylic acids is 1. The van der Waals surface area contributed by atoms with E-state index in [1.807, 2.05) is 18.2 Å². The monoisotopic (exact) mass is 186 g/mol. The highest BCUT2D eigenvalue weighted by Gasteiger charge is 1.98. The fourth-order valence-electron chi connectivity index (χ4n) is 1.38. The molecule has 0 aliphatic carbocycles. The molecule has 0 radical (unpaired) electrons. The average Bonchev–Trinajstić information content (AvgIpc) is 2.71. The number of rotatable bonds is 3. The van der Waals surface area contributed by atoms with Gasteiger partial charge < -0.3 is 4.98 Å². The summed E-state index contributed by atoms with van der Waals surface area (Å²) in [6.07, 6.45) is 5.07. The van der Waals surface area contributed by atoms with Crippen LogP contribution < -0.4 is 0 Å². The number of hydrogen-bond acceptors (Lipinski definition) is 2. The van der Waals surface area contributed by atoms with Gasteiger partial charge in [0.2, 0.25) is 0 Å². The normalized spacial score (nSPS) is 10.0. The zero-order valence-corrected chi connectivity index (χ0v) is 7.60. The van der Waals surface area contributed by atoms with Crippen molar-refractivity contribution in [1.82, 2.24) is 9.97 Å². The number of aldehydes is 1. The second-order valence-electron chi connectivity index (χ2n) is 3.12. The molecule has 3 nitrogen and oxygen atoms in total. The fraction of sp³-hybridized carbons (Fsp3) is 0.0909. The van der Waals surface area contributed by atoms with Crippen LogP contribution in [0.25, 0.3) is 0 Å². The molecule has 0 aliphatic heterocycles. The molecule has 2 aromatic rings. The number of aromatic amines is 1. The number of hydrogen-bond donors (Lipinski definition) is 1. The Bertz CT molecular complexity index is 421. The largest absolute Gasteiger partial charge is 0.348 e. The van der Waals surface area contributed by atoms with Gasteiger partial charge in [-0.25, -0.2) is 4.98 Å². The van der Waals surface area contributed by atoms with Crippen LogP contribution in [0, 0.1) is 0 Å². The second-order valence-corrected chi connectivity index (χ2v) is 3.12. The maximum absolute atomic E-state index is 10.5. The van der Waals surface area contributed by atoms with E-state index in [-0.39, 0.29) is 0 Å². The molecule has 0 unspecified atom stereocenters. The predicted octanol–water partition coefficient (Wildman–Crippen LogP) is 1.81. The van der Waals surface area contributed by atoms with Crippen molar-refractivity contribution in [3.8, 4) is 0 Å². The molecule has 1 aromatic carbocycles. The van der Waals surface area contributed by atoms with E-state index in [1.54, 1.807) is 18.6 Å². The molecule has 1 N–H and O–H groups in total. The van der Waals surface area contributed by atoms with Crippen LogP contribution in [-0.4, -0.2) is 16.3 Å². The summed E-state index contributed by atoms with van der Waals surface area (Å²) in [4.78, 5) is 17.5. The lowest BCUT2D eigenvalue weighted by Crippen LogP contribution is -1.89. The molecule has 0 saturated heterocycles. The zero-order chi connectivity index (χ0) is 9.80. The summed E-state index contributed by atoms with van der Waals surface area (Å²) in [6.45, 7) is 0. The van der Waals surface area contributed by atoms with Gasteiger partial charge in [-0.1, -0.05) is 18.2 Å². The Labute approximate surface area is 81.8 Å². The van der Waals surface area contributed by atoms with Gasteiger partial charge in [-0.15, -0.1) is 0 Å². The van der Waals surface area contributed by atoms with Crippen molar-refractivity contribution in [2.45, 2.75) is 6.42 Å². The van der Waals surface area contributed by atoms with Crippen LogP contribution in [0.1, 0.15) is 21.6 Å². The highest BCUT2D eigenvalue weighted by molar-refractivity contribution is 5.74. The van der Waals surface area contributed by atoms with Gasteiger partial charge in [0, 0.05) is 23.9 Å². The molecule has 3 heteroatoms. The third kappa shape index (κ3) is 1.88. The maximum atomic E-state index is 10.5. The van der Waals surface area contributed by atoms with Crippen molar-refractivity contribution < 1.29 is 4.79 Å². The number of imidazole rings is 1. The lowest BCUT2D eigenvalue weighted by atomic mass is 10.1. The van der Waals surface area contributed by atoms with Crippen molar-refractivity contribution in [1.29, 1.82) is 0 Å². The van der Waals surface area contributed by atoms with Crippen molar-refractivity contribution >= 4 is 6.29 Å². The first-order valence-corrected chi connectivity index (χ1v) is 4.40. The Balaban J connectivity index is 2.21. The van der Waals surface area contributed by atoms with Gasteiger partial charge in [-0.05, 0) is 11.6 Å². The molecule has 0 atom stereocenters. The van der Waals surface area contributed by atoms with E-state index in [1.165, 1.54) is 0 Å². The van der Waals surface area contributed by atoms with E-state index in [9.17, 15) is 4.79 Å². The Kier molecular flexibility index (Phi) is 2.40. The molecule has 1 aromatic heterocycles. The highest BCUT2D eigenvalue weighted by Crippen LogP contribution is 2.08. The Morgan fingerprint density at radius 2 is 2.36 bits per heavy atom. The topological polar surface area (TPSA) is 45.8 Å². The smallest absolute Gasteiger partial charge is 0.150 e. The SMILES string of the molecule is O=Cc1cccc(Cc2cnc[nH]2)c1. The molecule has 2 rings (SSSR count). The van der Waals surface area contributed by atoms with Crippen LogP contribution in [0.15, 0.2) is 36.8 Å². The van der Waals surface area contributed by atoms with Crippen LogP contribution >= 0.6 is 0 Å². The molecule has 14 heavy (non-hydrogen) atoms. The van der Waals surface area contributed by atoms with Crippen LogP contribution in [0.5, 0.6) is 0 Å². The number of nitrogens with zero attached hydrogens (tertiary/aromatic N) is 1. The van der Waals surface area contributed by atoms with Crippen molar-refractivity contribution in [2.24, 2.45) is 0 Å². The van der Waals surface area contributed by atoms with Crippen LogP contribution in [0.3, 0.4) is 0 Å². The zero-order valence-electron chi connectivity index (χ0n) is 7.60. The van der Waals surface area contributed by atoms with Gasteiger partial charge >= 0.3 is 0 Å². The van der Waals surface area contributed by atoms with E-state index in [4.69, 9.17) is 0 Å². The minimum absolute atomic E-state index is 0.710. The molecule has 0 spiro atoms. The summed E-state index contributed by atoms with van der Waals surface area (Å²) in [5.74, 6) is 0. The van der Waals surface area contributed by atoms with Gasteiger partial charge in [0.05, 0.1) is 6.33 Å². The van der Waals surface area contributed by atoms with Gasteiger partial charge in [0.1, 0.15) is 6.29 Å². The molecule has 0 bridgehead atoms. The highest BCUT2D eigenvalue weighted by atomic mass is 16.1. The van der Waals surface area contributed by atoms with Gasteiger partial charge in [0.25, 0.3) is 0 Å². The van der Waals surface area contributed by atoms with Gasteiger partial charge in [-0.2, -0.15) is 0 Å². The molecule has 1 heterocycles. The fourth-order valence-corrected chi connectivity index (χ4v) is 1.38. The van der Waals surface area contributed by atoms with Crippen molar-refractivity contribution in [2.75, 3.05) is 0 Å². The van der Waals surface area contributed by atoms with E-state index in [2.05, 4.69) is 9.97 Å². The standard InChI is InChI=1S/C11H10N2O/c14-7-10-3-1-2-9(4-10)5-11-6-12-8-13-11/h1-4,6-8H,5H2,(H,12,13). The van der Waals surface area contributed by atoms with Crippen LogP contribution in [0.4, 0.5) is 0 Å². The predicted molar refractivity (Wildman–Crippen MR) is 53.2 cm³/mol. The Morgan fingerprint density at radius 1 is 1.43 bits per heavy atom. The lowest BCUT2D eigenvalue weighted by Gasteiger charge is -1.99. The lowest BCUT2D eigenvalue weighted by molar-refractivity contribution is 0.112. The molecule has 0 fully saturated rings. The first-order chi connectivity index (χ1) is 6.88. The quantitative estimate of drug-likeness (QED) is 0.743. The Hall–Kier alpha value is -1.90. The third-order valence-electron chi connectivity index (χ3n) is 2.04. The molecular formula is C11H10N2O.